The molecular weight excluding hydrogens is 286 g/mol. The van der Waals surface area contributed by atoms with Crippen LogP contribution in [0, 0.1) is 0 Å². The van der Waals surface area contributed by atoms with E-state index in [1.165, 1.54) is 0 Å². The van der Waals surface area contributed by atoms with Crippen molar-refractivity contribution in [2.45, 2.75) is 37.1 Å². The summed E-state index contributed by atoms with van der Waals surface area (Å²) in [5, 5.41) is 0. The van der Waals surface area contributed by atoms with Crippen molar-refractivity contribution in [2.75, 3.05) is 26.2 Å². The fourth-order valence-corrected chi connectivity index (χ4v) is 3.91. The molecule has 118 valence electrons. The van der Waals surface area contributed by atoms with E-state index in [0.29, 0.717) is 24.0 Å². The SMILES string of the molecule is CCN1CCCC1CNS(=O)(=O)c1ccc(CCN)cc1. The Bertz CT molecular complexity index is 543. The first-order chi connectivity index (χ1) is 10.1. The van der Waals surface area contributed by atoms with E-state index in [2.05, 4.69) is 16.5 Å². The third kappa shape index (κ3) is 4.26. The van der Waals surface area contributed by atoms with Gasteiger partial charge in [-0.25, -0.2) is 13.1 Å². The van der Waals surface area contributed by atoms with Gasteiger partial charge in [0.25, 0.3) is 0 Å². The maximum Gasteiger partial charge on any atom is 0.240 e. The molecule has 1 saturated heterocycles. The Morgan fingerprint density at radius 3 is 2.67 bits per heavy atom. The van der Waals surface area contributed by atoms with E-state index >= 15 is 0 Å². The van der Waals surface area contributed by atoms with Gasteiger partial charge in [-0.1, -0.05) is 19.1 Å². The smallest absolute Gasteiger partial charge is 0.240 e. The number of rotatable bonds is 7. The summed E-state index contributed by atoms with van der Waals surface area (Å²) in [6.45, 7) is 5.21. The highest BCUT2D eigenvalue weighted by Crippen LogP contribution is 2.17. The summed E-state index contributed by atoms with van der Waals surface area (Å²) in [5.41, 5.74) is 6.55. The van der Waals surface area contributed by atoms with Crippen molar-refractivity contribution in [3.05, 3.63) is 29.8 Å². The summed E-state index contributed by atoms with van der Waals surface area (Å²) in [4.78, 5) is 2.65. The molecule has 1 atom stereocenters. The summed E-state index contributed by atoms with van der Waals surface area (Å²) in [6, 6.07) is 7.28. The lowest BCUT2D eigenvalue weighted by atomic mass is 10.2. The number of likely N-dealkylation sites (N-methyl/N-ethyl adjacent to an activating group) is 1. The molecule has 1 fully saturated rings. The van der Waals surface area contributed by atoms with Crippen molar-refractivity contribution in [3.63, 3.8) is 0 Å². The van der Waals surface area contributed by atoms with E-state index in [1.807, 2.05) is 12.1 Å². The molecule has 1 aliphatic heterocycles. The van der Waals surface area contributed by atoms with Gasteiger partial charge < -0.3 is 5.73 Å². The summed E-state index contributed by atoms with van der Waals surface area (Å²) in [5.74, 6) is 0. The summed E-state index contributed by atoms with van der Waals surface area (Å²) in [7, 11) is -3.42. The topological polar surface area (TPSA) is 75.4 Å². The standard InChI is InChI=1S/C15H25N3O2S/c1-2-18-11-3-4-14(18)12-17-21(19,20)15-7-5-13(6-8-15)9-10-16/h5-8,14,17H,2-4,9-12,16H2,1H3. The zero-order valence-electron chi connectivity index (χ0n) is 12.6. The van der Waals surface area contributed by atoms with Crippen molar-refractivity contribution >= 4 is 10.0 Å². The van der Waals surface area contributed by atoms with E-state index in [4.69, 9.17) is 5.73 Å². The zero-order valence-corrected chi connectivity index (χ0v) is 13.4. The normalized spacial score (nSPS) is 20.0. The number of hydrogen-bond donors (Lipinski definition) is 2. The number of hydrogen-bond acceptors (Lipinski definition) is 4. The molecule has 6 heteroatoms. The Hall–Kier alpha value is -0.950. The third-order valence-electron chi connectivity index (χ3n) is 4.08. The molecule has 1 aromatic carbocycles. The van der Waals surface area contributed by atoms with Gasteiger partial charge in [0, 0.05) is 12.6 Å². The Morgan fingerprint density at radius 2 is 2.05 bits per heavy atom. The van der Waals surface area contributed by atoms with Crippen molar-refractivity contribution in [3.8, 4) is 0 Å². The maximum atomic E-state index is 12.3. The van der Waals surface area contributed by atoms with E-state index in [0.717, 1.165) is 37.9 Å². The molecule has 5 nitrogen and oxygen atoms in total. The van der Waals surface area contributed by atoms with Crippen LogP contribution in [0.5, 0.6) is 0 Å². The Kier molecular flexibility index (Phi) is 5.75. The molecule has 0 amide bonds. The molecule has 0 spiro atoms. The molecule has 1 aliphatic rings. The average molecular weight is 311 g/mol. The molecule has 2 rings (SSSR count). The molecule has 0 saturated carbocycles. The minimum Gasteiger partial charge on any atom is -0.330 e. The first kappa shape index (κ1) is 16.4. The summed E-state index contributed by atoms with van der Waals surface area (Å²) in [6.07, 6.45) is 2.97. The van der Waals surface area contributed by atoms with E-state index in [9.17, 15) is 8.42 Å². The summed E-state index contributed by atoms with van der Waals surface area (Å²) < 4.78 is 27.3. The largest absolute Gasteiger partial charge is 0.330 e. The second-order valence-electron chi connectivity index (χ2n) is 5.46. The van der Waals surface area contributed by atoms with Gasteiger partial charge in [-0.05, 0) is 56.6 Å². The van der Waals surface area contributed by atoms with Crippen LogP contribution in [0.15, 0.2) is 29.2 Å². The molecule has 21 heavy (non-hydrogen) atoms. The minimum atomic E-state index is -3.42. The number of nitrogens with zero attached hydrogens (tertiary/aromatic N) is 1. The van der Waals surface area contributed by atoms with Crippen LogP contribution in [0.4, 0.5) is 0 Å². The van der Waals surface area contributed by atoms with Crippen molar-refractivity contribution in [1.82, 2.24) is 9.62 Å². The van der Waals surface area contributed by atoms with Gasteiger partial charge in [0.15, 0.2) is 0 Å². The van der Waals surface area contributed by atoms with Crippen molar-refractivity contribution in [1.29, 1.82) is 0 Å². The molecule has 1 unspecified atom stereocenters. The minimum absolute atomic E-state index is 0.321. The molecule has 1 heterocycles. The van der Waals surface area contributed by atoms with Gasteiger partial charge in [-0.15, -0.1) is 0 Å². The van der Waals surface area contributed by atoms with Gasteiger partial charge in [-0.3, -0.25) is 4.90 Å². The lowest BCUT2D eigenvalue weighted by Crippen LogP contribution is -2.39. The van der Waals surface area contributed by atoms with Crippen LogP contribution in [0.1, 0.15) is 25.3 Å². The monoisotopic (exact) mass is 311 g/mol. The van der Waals surface area contributed by atoms with Crippen molar-refractivity contribution < 1.29 is 8.42 Å². The summed E-state index contributed by atoms with van der Waals surface area (Å²) >= 11 is 0. The number of nitrogens with two attached hydrogens (primary N) is 1. The van der Waals surface area contributed by atoms with Gasteiger partial charge in [0.1, 0.15) is 0 Å². The maximum absolute atomic E-state index is 12.3. The quantitative estimate of drug-likeness (QED) is 0.786. The molecular formula is C15H25N3O2S. The number of likely N-dealkylation sites (tertiary alicyclic amines) is 1. The Balaban J connectivity index is 1.97. The van der Waals surface area contributed by atoms with Crippen LogP contribution in [0.2, 0.25) is 0 Å². The van der Waals surface area contributed by atoms with Crippen LogP contribution in [-0.2, 0) is 16.4 Å². The molecule has 0 aromatic heterocycles. The van der Waals surface area contributed by atoms with Gasteiger partial charge >= 0.3 is 0 Å². The van der Waals surface area contributed by atoms with Gasteiger partial charge in [0.2, 0.25) is 10.0 Å². The van der Waals surface area contributed by atoms with Crippen LogP contribution in [0.25, 0.3) is 0 Å². The fourth-order valence-electron chi connectivity index (χ4n) is 2.83. The second kappa shape index (κ2) is 7.35. The molecule has 1 aromatic rings. The van der Waals surface area contributed by atoms with E-state index in [1.54, 1.807) is 12.1 Å². The van der Waals surface area contributed by atoms with Crippen LogP contribution in [0.3, 0.4) is 0 Å². The Labute approximate surface area is 127 Å². The predicted octanol–water partition coefficient (Wildman–Crippen LogP) is 0.950. The highest BCUT2D eigenvalue weighted by molar-refractivity contribution is 7.89. The fraction of sp³-hybridized carbons (Fsp3) is 0.600. The number of nitrogens with one attached hydrogen (secondary N) is 1. The van der Waals surface area contributed by atoms with Crippen LogP contribution in [-0.4, -0.2) is 45.5 Å². The van der Waals surface area contributed by atoms with Gasteiger partial charge in [-0.2, -0.15) is 0 Å². The van der Waals surface area contributed by atoms with Gasteiger partial charge in [0.05, 0.1) is 4.90 Å². The van der Waals surface area contributed by atoms with E-state index in [-0.39, 0.29) is 0 Å². The molecule has 0 radical (unpaired) electrons. The average Bonchev–Trinajstić information content (AvgIpc) is 2.94. The highest BCUT2D eigenvalue weighted by atomic mass is 32.2. The van der Waals surface area contributed by atoms with Crippen molar-refractivity contribution in [2.24, 2.45) is 5.73 Å². The molecule has 0 aliphatic carbocycles. The first-order valence-corrected chi connectivity index (χ1v) is 9.08. The Morgan fingerprint density at radius 1 is 1.33 bits per heavy atom. The van der Waals surface area contributed by atoms with Crippen LogP contribution >= 0.6 is 0 Å². The first-order valence-electron chi connectivity index (χ1n) is 7.59. The number of benzene rings is 1. The van der Waals surface area contributed by atoms with Crippen LogP contribution < -0.4 is 10.5 Å². The van der Waals surface area contributed by atoms with E-state index < -0.39 is 10.0 Å². The lowest BCUT2D eigenvalue weighted by molar-refractivity contribution is 0.268. The molecule has 3 N–H and O–H groups in total. The molecule has 0 bridgehead atoms. The number of sulfonamides is 1. The highest BCUT2D eigenvalue weighted by Gasteiger charge is 2.24. The third-order valence-corrected chi connectivity index (χ3v) is 5.52. The zero-order chi connectivity index (χ0) is 15.3. The second-order valence-corrected chi connectivity index (χ2v) is 7.23. The predicted molar refractivity (Wildman–Crippen MR) is 84.7 cm³/mol. The lowest BCUT2D eigenvalue weighted by Gasteiger charge is -2.22.